The number of hydrogen-bond acceptors (Lipinski definition) is 3. The van der Waals surface area contributed by atoms with Gasteiger partial charge >= 0.3 is 0 Å². The van der Waals surface area contributed by atoms with Crippen LogP contribution < -0.4 is 5.32 Å². The van der Waals surface area contributed by atoms with Crippen molar-refractivity contribution in [1.82, 2.24) is 20.1 Å². The van der Waals surface area contributed by atoms with Crippen molar-refractivity contribution >= 4 is 5.91 Å². The third-order valence-corrected chi connectivity index (χ3v) is 4.36. The molecule has 1 saturated heterocycles. The van der Waals surface area contributed by atoms with Crippen LogP contribution in [0.2, 0.25) is 0 Å². The molecule has 0 radical (unpaired) electrons. The summed E-state index contributed by atoms with van der Waals surface area (Å²) < 4.78 is 7.67. The molecule has 0 unspecified atom stereocenters. The lowest BCUT2D eigenvalue weighted by molar-refractivity contribution is 0.0815. The predicted molar refractivity (Wildman–Crippen MR) is 82.8 cm³/mol. The Balaban J connectivity index is 1.78. The molecule has 3 rings (SSSR count). The van der Waals surface area contributed by atoms with Gasteiger partial charge in [0, 0.05) is 30.6 Å². The maximum atomic E-state index is 12.5. The number of H-pyrrole nitrogens is 1. The Morgan fingerprint density at radius 3 is 2.82 bits per heavy atom. The summed E-state index contributed by atoms with van der Waals surface area (Å²) in [6, 6.07) is 1.95. The molecule has 2 atom stereocenters. The number of rotatable bonds is 3. The lowest BCUT2D eigenvalue weighted by atomic mass is 10.0. The first-order valence-corrected chi connectivity index (χ1v) is 7.54. The average molecular weight is 302 g/mol. The SMILES string of the molecule is Cc1cc(C)c(C(=O)N[C@H]2CCO[C@@H]2c2cnn(C)c2C)[nH]1. The van der Waals surface area contributed by atoms with Crippen LogP contribution in [0.15, 0.2) is 12.3 Å². The standard InChI is InChI=1S/C16H22N4O2/c1-9-7-10(2)18-14(9)16(21)19-13-5-6-22-15(13)12-8-17-20(4)11(12)3/h7-8,13,15,18H,5-6H2,1-4H3,(H,19,21)/t13-,15+/m0/s1. The highest BCUT2D eigenvalue weighted by atomic mass is 16.5. The van der Waals surface area contributed by atoms with Gasteiger partial charge in [-0.05, 0) is 38.8 Å². The Bertz CT molecular complexity index is 701. The molecule has 0 aromatic carbocycles. The number of nitrogens with zero attached hydrogens (tertiary/aromatic N) is 2. The Kier molecular flexibility index (Phi) is 3.78. The zero-order chi connectivity index (χ0) is 15.9. The van der Waals surface area contributed by atoms with E-state index in [1.54, 1.807) is 0 Å². The molecule has 1 fully saturated rings. The van der Waals surface area contributed by atoms with E-state index < -0.39 is 0 Å². The Morgan fingerprint density at radius 2 is 2.23 bits per heavy atom. The molecule has 1 aliphatic rings. The second-order valence-corrected chi connectivity index (χ2v) is 5.98. The number of aromatic amines is 1. The van der Waals surface area contributed by atoms with Crippen molar-refractivity contribution in [3.05, 3.63) is 40.5 Å². The zero-order valence-electron chi connectivity index (χ0n) is 13.4. The van der Waals surface area contributed by atoms with Crippen molar-refractivity contribution in [3.63, 3.8) is 0 Å². The van der Waals surface area contributed by atoms with Gasteiger partial charge in [-0.25, -0.2) is 0 Å². The van der Waals surface area contributed by atoms with Gasteiger partial charge in [0.05, 0.1) is 12.2 Å². The van der Waals surface area contributed by atoms with Crippen molar-refractivity contribution in [2.24, 2.45) is 7.05 Å². The van der Waals surface area contributed by atoms with Crippen LogP contribution in [0.25, 0.3) is 0 Å². The van der Waals surface area contributed by atoms with Crippen LogP contribution >= 0.6 is 0 Å². The Morgan fingerprint density at radius 1 is 1.45 bits per heavy atom. The summed E-state index contributed by atoms with van der Waals surface area (Å²) in [5, 5.41) is 7.37. The zero-order valence-corrected chi connectivity index (χ0v) is 13.4. The average Bonchev–Trinajstić information content (AvgIpc) is 3.12. The molecule has 0 bridgehead atoms. The largest absolute Gasteiger partial charge is 0.371 e. The maximum absolute atomic E-state index is 12.5. The lowest BCUT2D eigenvalue weighted by Crippen LogP contribution is -2.37. The predicted octanol–water partition coefficient (Wildman–Crippen LogP) is 1.93. The van der Waals surface area contributed by atoms with Crippen LogP contribution in [0.4, 0.5) is 0 Å². The van der Waals surface area contributed by atoms with Gasteiger partial charge in [-0.3, -0.25) is 9.48 Å². The summed E-state index contributed by atoms with van der Waals surface area (Å²) >= 11 is 0. The van der Waals surface area contributed by atoms with E-state index >= 15 is 0 Å². The fourth-order valence-electron chi connectivity index (χ4n) is 3.04. The van der Waals surface area contributed by atoms with Crippen LogP contribution in [-0.2, 0) is 11.8 Å². The molecule has 0 spiro atoms. The minimum Gasteiger partial charge on any atom is -0.371 e. The van der Waals surface area contributed by atoms with Gasteiger partial charge in [0.2, 0.25) is 0 Å². The van der Waals surface area contributed by atoms with Gasteiger partial charge in [-0.15, -0.1) is 0 Å². The number of aromatic nitrogens is 3. The second-order valence-electron chi connectivity index (χ2n) is 5.98. The molecule has 118 valence electrons. The van der Waals surface area contributed by atoms with Gasteiger partial charge in [0.15, 0.2) is 0 Å². The van der Waals surface area contributed by atoms with Crippen LogP contribution in [0, 0.1) is 20.8 Å². The van der Waals surface area contributed by atoms with Crippen molar-refractivity contribution in [2.75, 3.05) is 6.61 Å². The minimum atomic E-state index is -0.131. The van der Waals surface area contributed by atoms with Gasteiger partial charge in [0.1, 0.15) is 11.8 Å². The molecule has 2 aromatic rings. The van der Waals surface area contributed by atoms with E-state index in [2.05, 4.69) is 15.4 Å². The van der Waals surface area contributed by atoms with Crippen LogP contribution in [-0.4, -0.2) is 33.3 Å². The van der Waals surface area contributed by atoms with Crippen molar-refractivity contribution in [1.29, 1.82) is 0 Å². The van der Waals surface area contributed by atoms with Crippen LogP contribution in [0.1, 0.15) is 45.5 Å². The molecule has 2 N–H and O–H groups in total. The van der Waals surface area contributed by atoms with Gasteiger partial charge in [0.25, 0.3) is 5.91 Å². The smallest absolute Gasteiger partial charge is 0.268 e. The van der Waals surface area contributed by atoms with Gasteiger partial charge in [-0.2, -0.15) is 5.10 Å². The maximum Gasteiger partial charge on any atom is 0.268 e. The normalized spacial score (nSPS) is 21.3. The van der Waals surface area contributed by atoms with Crippen molar-refractivity contribution in [3.8, 4) is 0 Å². The van der Waals surface area contributed by atoms with Gasteiger partial charge in [-0.1, -0.05) is 0 Å². The number of carbonyl (C=O) groups is 1. The molecular weight excluding hydrogens is 280 g/mol. The Labute approximate surface area is 129 Å². The van der Waals surface area contributed by atoms with E-state index in [0.29, 0.717) is 12.3 Å². The van der Waals surface area contributed by atoms with E-state index in [4.69, 9.17) is 4.74 Å². The summed E-state index contributed by atoms with van der Waals surface area (Å²) in [5.41, 5.74) is 4.70. The monoisotopic (exact) mass is 302 g/mol. The quantitative estimate of drug-likeness (QED) is 0.910. The minimum absolute atomic E-state index is 0.0293. The van der Waals surface area contributed by atoms with E-state index in [1.165, 1.54) is 0 Å². The van der Waals surface area contributed by atoms with Crippen molar-refractivity contribution in [2.45, 2.75) is 39.3 Å². The highest BCUT2D eigenvalue weighted by Crippen LogP contribution is 2.31. The molecule has 1 amide bonds. The van der Waals surface area contributed by atoms with Crippen LogP contribution in [0.5, 0.6) is 0 Å². The molecule has 6 nitrogen and oxygen atoms in total. The summed E-state index contributed by atoms with van der Waals surface area (Å²) in [6.45, 7) is 6.55. The fourth-order valence-corrected chi connectivity index (χ4v) is 3.04. The molecule has 6 heteroatoms. The lowest BCUT2D eigenvalue weighted by Gasteiger charge is -2.19. The van der Waals surface area contributed by atoms with Crippen LogP contribution in [0.3, 0.4) is 0 Å². The first-order chi connectivity index (χ1) is 10.5. The third-order valence-electron chi connectivity index (χ3n) is 4.36. The molecule has 0 saturated carbocycles. The summed E-state index contributed by atoms with van der Waals surface area (Å²) in [7, 11) is 1.91. The highest BCUT2D eigenvalue weighted by Gasteiger charge is 2.33. The first kappa shape index (κ1) is 14.8. The number of carbonyl (C=O) groups excluding carboxylic acids is 1. The Hall–Kier alpha value is -2.08. The van der Waals surface area contributed by atoms with E-state index in [1.807, 2.05) is 44.8 Å². The molecule has 0 aliphatic carbocycles. The third kappa shape index (κ3) is 2.54. The molecule has 1 aliphatic heterocycles. The fraction of sp³-hybridized carbons (Fsp3) is 0.500. The molecule has 22 heavy (non-hydrogen) atoms. The molecular formula is C16H22N4O2. The summed E-state index contributed by atoms with van der Waals surface area (Å²) in [6.07, 6.45) is 2.51. The number of amides is 1. The number of nitrogens with one attached hydrogen (secondary N) is 2. The highest BCUT2D eigenvalue weighted by molar-refractivity contribution is 5.94. The molecule has 3 heterocycles. The van der Waals surface area contributed by atoms with E-state index in [9.17, 15) is 4.79 Å². The topological polar surface area (TPSA) is 71.9 Å². The van der Waals surface area contributed by atoms with E-state index in [-0.39, 0.29) is 18.1 Å². The number of hydrogen-bond donors (Lipinski definition) is 2. The first-order valence-electron chi connectivity index (χ1n) is 7.54. The second kappa shape index (κ2) is 5.61. The summed E-state index contributed by atoms with van der Waals surface area (Å²) in [4.78, 5) is 15.6. The van der Waals surface area contributed by atoms with Gasteiger partial charge < -0.3 is 15.0 Å². The number of ether oxygens (including phenoxy) is 1. The molecule has 2 aromatic heterocycles. The number of aryl methyl sites for hydroxylation is 3. The van der Waals surface area contributed by atoms with Crippen molar-refractivity contribution < 1.29 is 9.53 Å². The summed E-state index contributed by atoms with van der Waals surface area (Å²) in [5.74, 6) is -0.0763. The van der Waals surface area contributed by atoms with E-state index in [0.717, 1.165) is 28.9 Å².